The van der Waals surface area contributed by atoms with E-state index in [4.69, 9.17) is 10.5 Å². The fourth-order valence-corrected chi connectivity index (χ4v) is 2.08. The van der Waals surface area contributed by atoms with Crippen LogP contribution in [0.5, 0.6) is 0 Å². The van der Waals surface area contributed by atoms with E-state index in [2.05, 4.69) is 0 Å². The molecule has 4 nitrogen and oxygen atoms in total. The van der Waals surface area contributed by atoms with Gasteiger partial charge in [0.25, 0.3) is 0 Å². The molecule has 0 aliphatic carbocycles. The largest absolute Gasteiger partial charge is 0.447 e. The third-order valence-electron chi connectivity index (χ3n) is 2.93. The number of carbonyl (C=O) groups is 1. The van der Waals surface area contributed by atoms with Crippen molar-refractivity contribution in [2.45, 2.75) is 18.6 Å². The van der Waals surface area contributed by atoms with Gasteiger partial charge in [0.05, 0.1) is 17.3 Å². The van der Waals surface area contributed by atoms with Crippen LogP contribution >= 0.6 is 0 Å². The van der Waals surface area contributed by atoms with Crippen LogP contribution in [-0.4, -0.2) is 25.3 Å². The summed E-state index contributed by atoms with van der Waals surface area (Å²) in [5, 5.41) is 0. The lowest BCUT2D eigenvalue weighted by molar-refractivity contribution is -0.137. The molecule has 1 aliphatic heterocycles. The van der Waals surface area contributed by atoms with Crippen LogP contribution in [0.25, 0.3) is 0 Å². The van der Waals surface area contributed by atoms with Gasteiger partial charge in [0.1, 0.15) is 6.61 Å². The minimum Gasteiger partial charge on any atom is -0.447 e. The number of hydrogen-bond donors (Lipinski definition) is 1. The number of benzene rings is 1. The highest BCUT2D eigenvalue weighted by atomic mass is 19.4. The predicted molar refractivity (Wildman–Crippen MR) is 62.7 cm³/mol. The topological polar surface area (TPSA) is 55.6 Å². The maximum atomic E-state index is 12.9. The van der Waals surface area contributed by atoms with Crippen LogP contribution < -0.4 is 10.6 Å². The molecule has 19 heavy (non-hydrogen) atoms. The third kappa shape index (κ3) is 2.65. The average molecular weight is 274 g/mol. The number of amides is 1. The van der Waals surface area contributed by atoms with E-state index < -0.39 is 23.9 Å². The second-order valence-corrected chi connectivity index (χ2v) is 4.19. The Morgan fingerprint density at radius 2 is 2.05 bits per heavy atom. The average Bonchev–Trinajstić information content (AvgIpc) is 2.70. The summed E-state index contributed by atoms with van der Waals surface area (Å²) in [5.74, 6) is 0. The summed E-state index contributed by atoms with van der Waals surface area (Å²) in [6, 6.07) is 4.49. The van der Waals surface area contributed by atoms with Crippen LogP contribution in [0.15, 0.2) is 24.3 Å². The molecule has 0 radical (unpaired) electrons. The number of ether oxygens (including phenoxy) is 1. The highest BCUT2D eigenvalue weighted by Crippen LogP contribution is 2.38. The monoisotopic (exact) mass is 274 g/mol. The van der Waals surface area contributed by atoms with Crippen LogP contribution in [0.1, 0.15) is 12.0 Å². The molecule has 1 aromatic rings. The fraction of sp³-hybridized carbons (Fsp3) is 0.417. The number of rotatable bonds is 3. The van der Waals surface area contributed by atoms with Crippen molar-refractivity contribution < 1.29 is 22.7 Å². The van der Waals surface area contributed by atoms with E-state index in [1.807, 2.05) is 0 Å². The molecule has 2 rings (SSSR count). The van der Waals surface area contributed by atoms with E-state index in [0.717, 1.165) is 11.0 Å². The Labute approximate surface area is 107 Å². The van der Waals surface area contributed by atoms with Gasteiger partial charge in [-0.15, -0.1) is 0 Å². The van der Waals surface area contributed by atoms with E-state index in [0.29, 0.717) is 6.42 Å². The Morgan fingerprint density at radius 3 is 2.68 bits per heavy atom. The first-order chi connectivity index (χ1) is 8.95. The molecule has 2 N–H and O–H groups in total. The van der Waals surface area contributed by atoms with Gasteiger partial charge in [0, 0.05) is 0 Å². The number of halogens is 3. The van der Waals surface area contributed by atoms with Crippen molar-refractivity contribution in [3.63, 3.8) is 0 Å². The lowest BCUT2D eigenvalue weighted by Gasteiger charge is -2.24. The molecular formula is C12H13F3N2O2. The minimum atomic E-state index is -4.52. The van der Waals surface area contributed by atoms with Gasteiger partial charge in [-0.25, -0.2) is 4.79 Å². The lowest BCUT2D eigenvalue weighted by Crippen LogP contribution is -2.36. The maximum Gasteiger partial charge on any atom is 0.418 e. The molecule has 1 amide bonds. The van der Waals surface area contributed by atoms with Crippen molar-refractivity contribution in [2.75, 3.05) is 18.1 Å². The van der Waals surface area contributed by atoms with Gasteiger partial charge in [0.2, 0.25) is 0 Å². The first kappa shape index (κ1) is 13.7. The molecule has 0 bridgehead atoms. The highest BCUT2D eigenvalue weighted by molar-refractivity contribution is 5.91. The van der Waals surface area contributed by atoms with Crippen LogP contribution in [-0.2, 0) is 10.9 Å². The quantitative estimate of drug-likeness (QED) is 0.920. The van der Waals surface area contributed by atoms with E-state index in [9.17, 15) is 18.0 Å². The van der Waals surface area contributed by atoms with E-state index in [-0.39, 0.29) is 18.8 Å². The van der Waals surface area contributed by atoms with Gasteiger partial charge < -0.3 is 10.5 Å². The third-order valence-corrected chi connectivity index (χ3v) is 2.93. The maximum absolute atomic E-state index is 12.9. The minimum absolute atomic E-state index is 0.0578. The summed E-state index contributed by atoms with van der Waals surface area (Å²) in [4.78, 5) is 12.7. The Morgan fingerprint density at radius 1 is 1.37 bits per heavy atom. The van der Waals surface area contributed by atoms with Gasteiger partial charge in [-0.3, -0.25) is 4.90 Å². The molecule has 1 heterocycles. The number of nitrogens with zero attached hydrogens (tertiary/aromatic N) is 1. The fourth-order valence-electron chi connectivity index (χ4n) is 2.08. The molecule has 1 aromatic carbocycles. The Hall–Kier alpha value is -1.76. The molecule has 7 heteroatoms. The number of anilines is 1. The number of carbonyl (C=O) groups excluding carboxylic acids is 1. The van der Waals surface area contributed by atoms with Crippen molar-refractivity contribution in [2.24, 2.45) is 5.73 Å². The molecule has 1 saturated heterocycles. The van der Waals surface area contributed by atoms with Gasteiger partial charge in [0.15, 0.2) is 0 Å². The first-order valence-corrected chi connectivity index (χ1v) is 5.77. The van der Waals surface area contributed by atoms with Crippen LogP contribution in [0.3, 0.4) is 0 Å². The summed E-state index contributed by atoms with van der Waals surface area (Å²) in [7, 11) is 0. The molecule has 0 saturated carbocycles. The standard InChI is InChI=1S/C12H13F3N2O2/c13-12(14,15)9-3-1-2-4-10(9)17-8(5-6-16)7-19-11(17)18/h1-4,8H,5-7,16H2. The second-order valence-electron chi connectivity index (χ2n) is 4.19. The molecule has 1 atom stereocenters. The zero-order chi connectivity index (χ0) is 14.0. The second kappa shape index (κ2) is 5.08. The van der Waals surface area contributed by atoms with Crippen molar-refractivity contribution in [3.05, 3.63) is 29.8 Å². The number of cyclic esters (lactones) is 1. The predicted octanol–water partition coefficient (Wildman–Crippen LogP) is 2.38. The summed E-state index contributed by atoms with van der Waals surface area (Å²) in [6.45, 7) is 0.328. The van der Waals surface area contributed by atoms with Crippen LogP contribution in [0.4, 0.5) is 23.7 Å². The van der Waals surface area contributed by atoms with Crippen molar-refractivity contribution >= 4 is 11.8 Å². The van der Waals surface area contributed by atoms with E-state index >= 15 is 0 Å². The normalized spacial score (nSPS) is 19.7. The molecule has 0 aromatic heterocycles. The Kier molecular flexibility index (Phi) is 3.66. The summed E-state index contributed by atoms with van der Waals surface area (Å²) >= 11 is 0. The van der Waals surface area contributed by atoms with Gasteiger partial charge in [-0.1, -0.05) is 12.1 Å². The summed E-state index contributed by atoms with van der Waals surface area (Å²) in [6.07, 6.45) is -4.90. The Bertz CT molecular complexity index is 476. The zero-order valence-electron chi connectivity index (χ0n) is 9.98. The first-order valence-electron chi connectivity index (χ1n) is 5.77. The SMILES string of the molecule is NCCC1COC(=O)N1c1ccccc1C(F)(F)F. The van der Waals surface area contributed by atoms with E-state index in [1.165, 1.54) is 18.2 Å². The summed E-state index contributed by atoms with van der Waals surface area (Å²) < 4.78 is 43.6. The van der Waals surface area contributed by atoms with Crippen molar-refractivity contribution in [1.29, 1.82) is 0 Å². The number of alkyl halides is 3. The molecular weight excluding hydrogens is 261 g/mol. The molecule has 104 valence electrons. The van der Waals surface area contributed by atoms with Gasteiger partial charge in [-0.2, -0.15) is 13.2 Å². The van der Waals surface area contributed by atoms with Gasteiger partial charge >= 0.3 is 12.3 Å². The number of para-hydroxylation sites is 1. The molecule has 0 spiro atoms. The number of nitrogens with two attached hydrogens (primary N) is 1. The van der Waals surface area contributed by atoms with Crippen molar-refractivity contribution in [1.82, 2.24) is 0 Å². The smallest absolute Gasteiger partial charge is 0.418 e. The zero-order valence-corrected chi connectivity index (χ0v) is 9.98. The van der Waals surface area contributed by atoms with Crippen LogP contribution in [0.2, 0.25) is 0 Å². The van der Waals surface area contributed by atoms with Crippen LogP contribution in [0, 0.1) is 0 Å². The van der Waals surface area contributed by atoms with Crippen molar-refractivity contribution in [3.8, 4) is 0 Å². The molecule has 1 fully saturated rings. The summed E-state index contributed by atoms with van der Waals surface area (Å²) in [5.41, 5.74) is 4.37. The highest BCUT2D eigenvalue weighted by Gasteiger charge is 2.40. The molecule has 1 unspecified atom stereocenters. The Balaban J connectivity index is 2.42. The lowest BCUT2D eigenvalue weighted by atomic mass is 10.1. The number of hydrogen-bond acceptors (Lipinski definition) is 3. The van der Waals surface area contributed by atoms with Gasteiger partial charge in [-0.05, 0) is 25.1 Å². The van der Waals surface area contributed by atoms with E-state index in [1.54, 1.807) is 0 Å². The molecule has 1 aliphatic rings.